The highest BCUT2D eigenvalue weighted by atomic mass is 16.7. The SMILES string of the molecule is Cc1ccc(C(=O)N[C@@H](C)c2ccc3c(c2)OCO3)cc1. The van der Waals surface area contributed by atoms with Gasteiger partial charge in [-0.15, -0.1) is 0 Å². The third-order valence-corrected chi connectivity index (χ3v) is 3.56. The molecule has 0 spiro atoms. The van der Waals surface area contributed by atoms with Crippen LogP contribution < -0.4 is 14.8 Å². The van der Waals surface area contributed by atoms with E-state index in [-0.39, 0.29) is 18.7 Å². The number of nitrogens with one attached hydrogen (secondary N) is 1. The van der Waals surface area contributed by atoms with E-state index in [1.165, 1.54) is 0 Å². The van der Waals surface area contributed by atoms with Crippen LogP contribution in [0.15, 0.2) is 42.5 Å². The molecule has 1 aliphatic rings. The van der Waals surface area contributed by atoms with Gasteiger partial charge in [-0.3, -0.25) is 4.79 Å². The second kappa shape index (κ2) is 5.48. The standard InChI is InChI=1S/C17H17NO3/c1-11-3-5-13(6-4-11)17(19)18-12(2)14-7-8-15-16(9-14)21-10-20-15/h3-9,12H,10H2,1-2H3,(H,18,19)/t12-/m0/s1. The molecule has 0 aromatic heterocycles. The molecule has 0 bridgehead atoms. The molecule has 1 heterocycles. The van der Waals surface area contributed by atoms with Gasteiger partial charge < -0.3 is 14.8 Å². The lowest BCUT2D eigenvalue weighted by molar-refractivity contribution is 0.0940. The lowest BCUT2D eigenvalue weighted by atomic mass is 10.1. The molecule has 0 radical (unpaired) electrons. The van der Waals surface area contributed by atoms with E-state index in [1.54, 1.807) is 0 Å². The Morgan fingerprint density at radius 2 is 1.81 bits per heavy atom. The van der Waals surface area contributed by atoms with Crippen LogP contribution in [0.4, 0.5) is 0 Å². The van der Waals surface area contributed by atoms with Gasteiger partial charge in [0, 0.05) is 5.56 Å². The Bertz CT molecular complexity index is 664. The summed E-state index contributed by atoms with van der Waals surface area (Å²) >= 11 is 0. The molecule has 108 valence electrons. The third-order valence-electron chi connectivity index (χ3n) is 3.56. The van der Waals surface area contributed by atoms with Gasteiger partial charge in [0.05, 0.1) is 6.04 Å². The van der Waals surface area contributed by atoms with E-state index < -0.39 is 0 Å². The van der Waals surface area contributed by atoms with Crippen LogP contribution in [-0.4, -0.2) is 12.7 Å². The third kappa shape index (κ3) is 2.84. The van der Waals surface area contributed by atoms with Crippen LogP contribution in [0.5, 0.6) is 11.5 Å². The average Bonchev–Trinajstić information content (AvgIpc) is 2.95. The fourth-order valence-electron chi connectivity index (χ4n) is 2.25. The van der Waals surface area contributed by atoms with Crippen molar-refractivity contribution in [3.05, 3.63) is 59.2 Å². The number of carbonyl (C=O) groups is 1. The zero-order valence-electron chi connectivity index (χ0n) is 12.1. The van der Waals surface area contributed by atoms with Crippen LogP contribution in [0.2, 0.25) is 0 Å². The van der Waals surface area contributed by atoms with Crippen LogP contribution in [0.3, 0.4) is 0 Å². The maximum atomic E-state index is 12.2. The summed E-state index contributed by atoms with van der Waals surface area (Å²) in [5.41, 5.74) is 2.78. The molecule has 0 saturated heterocycles. The summed E-state index contributed by atoms with van der Waals surface area (Å²) in [7, 11) is 0. The van der Waals surface area contributed by atoms with Crippen LogP contribution in [0.1, 0.15) is 34.5 Å². The summed E-state index contributed by atoms with van der Waals surface area (Å²) in [5, 5.41) is 2.99. The smallest absolute Gasteiger partial charge is 0.251 e. The summed E-state index contributed by atoms with van der Waals surface area (Å²) in [4.78, 5) is 12.2. The van der Waals surface area contributed by atoms with E-state index in [4.69, 9.17) is 9.47 Å². The van der Waals surface area contributed by atoms with E-state index in [0.29, 0.717) is 5.56 Å². The molecule has 4 nitrogen and oxygen atoms in total. The Morgan fingerprint density at radius 3 is 2.57 bits per heavy atom. The Kier molecular flexibility index (Phi) is 3.52. The van der Waals surface area contributed by atoms with Crippen molar-refractivity contribution in [2.24, 2.45) is 0 Å². The Morgan fingerprint density at radius 1 is 1.10 bits per heavy atom. The summed E-state index contributed by atoms with van der Waals surface area (Å²) < 4.78 is 10.6. The molecule has 2 aromatic carbocycles. The Balaban J connectivity index is 1.72. The van der Waals surface area contributed by atoms with Crippen LogP contribution in [0.25, 0.3) is 0 Å². The van der Waals surface area contributed by atoms with E-state index in [0.717, 1.165) is 22.6 Å². The summed E-state index contributed by atoms with van der Waals surface area (Å²) in [6.45, 7) is 4.20. The Hall–Kier alpha value is -2.49. The minimum Gasteiger partial charge on any atom is -0.454 e. The predicted octanol–water partition coefficient (Wildman–Crippen LogP) is 3.21. The molecule has 1 N–H and O–H groups in total. The highest BCUT2D eigenvalue weighted by Crippen LogP contribution is 2.34. The first-order valence-electron chi connectivity index (χ1n) is 6.90. The molecule has 0 fully saturated rings. The highest BCUT2D eigenvalue weighted by molar-refractivity contribution is 5.94. The number of carbonyl (C=O) groups excluding carboxylic acids is 1. The average molecular weight is 283 g/mol. The molecule has 1 amide bonds. The molecule has 0 unspecified atom stereocenters. The molecular formula is C17H17NO3. The van der Waals surface area contributed by atoms with Crippen LogP contribution >= 0.6 is 0 Å². The quantitative estimate of drug-likeness (QED) is 0.941. The van der Waals surface area contributed by atoms with Gasteiger partial charge in [-0.1, -0.05) is 23.8 Å². The van der Waals surface area contributed by atoms with E-state index >= 15 is 0 Å². The zero-order chi connectivity index (χ0) is 14.8. The van der Waals surface area contributed by atoms with Crippen molar-refractivity contribution >= 4 is 5.91 Å². The number of fused-ring (bicyclic) bond motifs is 1. The molecule has 0 aliphatic carbocycles. The zero-order valence-corrected chi connectivity index (χ0v) is 12.1. The molecular weight excluding hydrogens is 266 g/mol. The number of amides is 1. The number of hydrogen-bond acceptors (Lipinski definition) is 3. The second-order valence-electron chi connectivity index (χ2n) is 5.17. The Labute approximate surface area is 123 Å². The molecule has 1 atom stereocenters. The van der Waals surface area contributed by atoms with E-state index in [1.807, 2.05) is 56.3 Å². The number of aryl methyl sites for hydroxylation is 1. The number of benzene rings is 2. The van der Waals surface area contributed by atoms with Gasteiger partial charge in [0.25, 0.3) is 5.91 Å². The van der Waals surface area contributed by atoms with E-state index in [2.05, 4.69) is 5.32 Å². The van der Waals surface area contributed by atoms with Gasteiger partial charge >= 0.3 is 0 Å². The topological polar surface area (TPSA) is 47.6 Å². The predicted molar refractivity (Wildman–Crippen MR) is 79.6 cm³/mol. The minimum absolute atomic E-state index is 0.0832. The molecule has 3 rings (SSSR count). The van der Waals surface area contributed by atoms with Crippen molar-refractivity contribution in [1.29, 1.82) is 0 Å². The summed E-state index contributed by atoms with van der Waals surface area (Å²) in [6, 6.07) is 13.1. The van der Waals surface area contributed by atoms with Gasteiger partial charge in [-0.05, 0) is 43.7 Å². The van der Waals surface area contributed by atoms with Crippen molar-refractivity contribution < 1.29 is 14.3 Å². The molecule has 21 heavy (non-hydrogen) atoms. The van der Waals surface area contributed by atoms with Crippen molar-refractivity contribution in [2.75, 3.05) is 6.79 Å². The molecule has 0 saturated carbocycles. The van der Waals surface area contributed by atoms with Gasteiger partial charge in [0.2, 0.25) is 6.79 Å². The lowest BCUT2D eigenvalue weighted by Crippen LogP contribution is -2.26. The molecule has 4 heteroatoms. The largest absolute Gasteiger partial charge is 0.454 e. The first-order chi connectivity index (χ1) is 10.1. The maximum Gasteiger partial charge on any atom is 0.251 e. The van der Waals surface area contributed by atoms with Gasteiger partial charge in [-0.25, -0.2) is 0 Å². The van der Waals surface area contributed by atoms with Crippen molar-refractivity contribution in [3.63, 3.8) is 0 Å². The first-order valence-corrected chi connectivity index (χ1v) is 6.90. The summed E-state index contributed by atoms with van der Waals surface area (Å²) in [6.07, 6.45) is 0. The van der Waals surface area contributed by atoms with Crippen molar-refractivity contribution in [2.45, 2.75) is 19.9 Å². The van der Waals surface area contributed by atoms with Gasteiger partial charge in [0.15, 0.2) is 11.5 Å². The fourth-order valence-corrected chi connectivity index (χ4v) is 2.25. The van der Waals surface area contributed by atoms with Crippen molar-refractivity contribution in [1.82, 2.24) is 5.32 Å². The number of rotatable bonds is 3. The number of hydrogen-bond donors (Lipinski definition) is 1. The first kappa shape index (κ1) is 13.5. The second-order valence-corrected chi connectivity index (χ2v) is 5.17. The van der Waals surface area contributed by atoms with Gasteiger partial charge in [0.1, 0.15) is 0 Å². The minimum atomic E-state index is -0.103. The fraction of sp³-hybridized carbons (Fsp3) is 0.235. The van der Waals surface area contributed by atoms with Crippen LogP contribution in [-0.2, 0) is 0 Å². The van der Waals surface area contributed by atoms with Crippen LogP contribution in [0, 0.1) is 6.92 Å². The lowest BCUT2D eigenvalue weighted by Gasteiger charge is -2.15. The normalized spacial score (nSPS) is 13.8. The molecule has 2 aromatic rings. The molecule has 1 aliphatic heterocycles. The monoisotopic (exact) mass is 283 g/mol. The number of ether oxygens (including phenoxy) is 2. The van der Waals surface area contributed by atoms with E-state index in [9.17, 15) is 4.79 Å². The summed E-state index contributed by atoms with van der Waals surface area (Å²) in [5.74, 6) is 1.39. The van der Waals surface area contributed by atoms with Crippen molar-refractivity contribution in [3.8, 4) is 11.5 Å². The maximum absolute atomic E-state index is 12.2. The highest BCUT2D eigenvalue weighted by Gasteiger charge is 2.17. The van der Waals surface area contributed by atoms with Gasteiger partial charge in [-0.2, -0.15) is 0 Å².